The maximum Gasteiger partial charge on any atom is 0.131 e. The van der Waals surface area contributed by atoms with Crippen LogP contribution in [0.25, 0.3) is 11.3 Å². The molecule has 1 aliphatic carbocycles. The molecule has 1 saturated carbocycles. The summed E-state index contributed by atoms with van der Waals surface area (Å²) in [5.41, 5.74) is 8.14. The molecule has 0 spiro atoms. The van der Waals surface area contributed by atoms with E-state index in [0.717, 1.165) is 40.3 Å². The van der Waals surface area contributed by atoms with Crippen molar-refractivity contribution in [2.24, 2.45) is 0 Å². The van der Waals surface area contributed by atoms with Crippen LogP contribution < -0.4 is 5.73 Å². The first-order valence-electron chi connectivity index (χ1n) is 6.67. The van der Waals surface area contributed by atoms with Gasteiger partial charge in [0.2, 0.25) is 0 Å². The molecule has 0 radical (unpaired) electrons. The van der Waals surface area contributed by atoms with Crippen LogP contribution in [0, 0.1) is 0 Å². The molecule has 0 atom stereocenters. The Morgan fingerprint density at radius 2 is 2.21 bits per heavy atom. The third-order valence-corrected chi connectivity index (χ3v) is 3.84. The van der Waals surface area contributed by atoms with E-state index in [-0.39, 0.29) is 0 Å². The number of rotatable bonds is 4. The van der Waals surface area contributed by atoms with Crippen LogP contribution in [0.5, 0.6) is 0 Å². The number of aromatic nitrogens is 3. The average Bonchev–Trinajstić information content (AvgIpc) is 3.17. The van der Waals surface area contributed by atoms with Crippen molar-refractivity contribution in [3.05, 3.63) is 28.8 Å². The van der Waals surface area contributed by atoms with Crippen LogP contribution in [0.3, 0.4) is 0 Å². The highest BCUT2D eigenvalue weighted by molar-refractivity contribution is 9.10. The van der Waals surface area contributed by atoms with Crippen LogP contribution in [-0.2, 0) is 6.54 Å². The van der Waals surface area contributed by atoms with Gasteiger partial charge in [0.1, 0.15) is 17.3 Å². The second-order valence-electron chi connectivity index (χ2n) is 5.02. The summed E-state index contributed by atoms with van der Waals surface area (Å²) in [4.78, 5) is 8.97. The van der Waals surface area contributed by atoms with Gasteiger partial charge in [0.15, 0.2) is 0 Å². The molecular formula is C14H17BrN4. The molecule has 0 amide bonds. The maximum atomic E-state index is 6.30. The Morgan fingerprint density at radius 1 is 1.42 bits per heavy atom. The average molecular weight is 321 g/mol. The van der Waals surface area contributed by atoms with Gasteiger partial charge in [0.05, 0.1) is 0 Å². The first kappa shape index (κ1) is 12.7. The van der Waals surface area contributed by atoms with Crippen LogP contribution in [0.4, 0.5) is 5.82 Å². The summed E-state index contributed by atoms with van der Waals surface area (Å²) < 4.78 is 3.12. The first-order chi connectivity index (χ1) is 9.20. The molecule has 0 aliphatic heterocycles. The Kier molecular flexibility index (Phi) is 3.31. The second-order valence-corrected chi connectivity index (χ2v) is 5.94. The van der Waals surface area contributed by atoms with Gasteiger partial charge in [0, 0.05) is 34.9 Å². The summed E-state index contributed by atoms with van der Waals surface area (Å²) in [6, 6.07) is 2.01. The number of nitrogen functional groups attached to an aromatic ring is 1. The normalized spacial score (nSPS) is 14.8. The Bertz CT molecular complexity index is 601. The van der Waals surface area contributed by atoms with E-state index in [1.807, 2.05) is 12.3 Å². The predicted molar refractivity (Wildman–Crippen MR) is 79.8 cm³/mol. The number of pyridine rings is 1. The molecule has 0 aromatic carbocycles. The van der Waals surface area contributed by atoms with Crippen molar-refractivity contribution < 1.29 is 0 Å². The fourth-order valence-electron chi connectivity index (χ4n) is 2.35. The quantitative estimate of drug-likeness (QED) is 0.936. The van der Waals surface area contributed by atoms with Crippen molar-refractivity contribution in [3.63, 3.8) is 0 Å². The lowest BCUT2D eigenvalue weighted by Gasteiger charge is -2.07. The zero-order chi connectivity index (χ0) is 13.4. The molecule has 2 aromatic heterocycles. The second kappa shape index (κ2) is 4.96. The van der Waals surface area contributed by atoms with Gasteiger partial charge in [0.25, 0.3) is 0 Å². The summed E-state index contributed by atoms with van der Waals surface area (Å²) in [6.07, 6.45) is 7.12. The van der Waals surface area contributed by atoms with Crippen molar-refractivity contribution in [2.75, 3.05) is 5.73 Å². The minimum atomic E-state index is 0.600. The van der Waals surface area contributed by atoms with E-state index in [2.05, 4.69) is 32.4 Å². The zero-order valence-electron chi connectivity index (χ0n) is 10.9. The van der Waals surface area contributed by atoms with Gasteiger partial charge in [-0.2, -0.15) is 0 Å². The van der Waals surface area contributed by atoms with Gasteiger partial charge in [-0.15, -0.1) is 0 Å². The Labute approximate surface area is 121 Å². The number of hydrogen-bond acceptors (Lipinski definition) is 3. The topological polar surface area (TPSA) is 56.7 Å². The fraction of sp³-hybridized carbons (Fsp3) is 0.429. The molecule has 0 bridgehead atoms. The lowest BCUT2D eigenvalue weighted by Crippen LogP contribution is -2.06. The molecule has 2 heterocycles. The summed E-state index contributed by atoms with van der Waals surface area (Å²) in [5.74, 6) is 2.51. The first-order valence-corrected chi connectivity index (χ1v) is 7.46. The van der Waals surface area contributed by atoms with Gasteiger partial charge in [-0.05, 0) is 41.3 Å². The standard InChI is InChI=1S/C14H17BrN4/c1-2-5-19-13(16)12(18-14(19)9-3-4-9)10-6-11(15)8-17-7-10/h6-9H,2-5,16H2,1H3. The van der Waals surface area contributed by atoms with Crippen LogP contribution in [0.15, 0.2) is 22.9 Å². The molecule has 3 rings (SSSR count). The highest BCUT2D eigenvalue weighted by atomic mass is 79.9. The lowest BCUT2D eigenvalue weighted by atomic mass is 10.2. The Balaban J connectivity index is 2.08. The van der Waals surface area contributed by atoms with Crippen LogP contribution in [0.2, 0.25) is 0 Å². The van der Waals surface area contributed by atoms with Gasteiger partial charge in [-0.1, -0.05) is 6.92 Å². The van der Waals surface area contributed by atoms with Crippen molar-refractivity contribution in [1.82, 2.24) is 14.5 Å². The molecule has 2 N–H and O–H groups in total. The third-order valence-electron chi connectivity index (χ3n) is 3.40. The summed E-state index contributed by atoms with van der Waals surface area (Å²) in [5, 5.41) is 0. The van der Waals surface area contributed by atoms with Crippen molar-refractivity contribution in [1.29, 1.82) is 0 Å². The van der Waals surface area contributed by atoms with E-state index < -0.39 is 0 Å². The van der Waals surface area contributed by atoms with Crippen molar-refractivity contribution >= 4 is 21.7 Å². The molecule has 4 nitrogen and oxygen atoms in total. The highest BCUT2D eigenvalue weighted by Gasteiger charge is 2.30. The maximum absolute atomic E-state index is 6.30. The van der Waals surface area contributed by atoms with E-state index >= 15 is 0 Å². The molecule has 2 aromatic rings. The number of nitrogens with zero attached hydrogens (tertiary/aromatic N) is 3. The predicted octanol–water partition coefficient (Wildman–Crippen LogP) is 3.58. The van der Waals surface area contributed by atoms with Crippen molar-refractivity contribution in [2.45, 2.75) is 38.6 Å². The number of imidazole rings is 1. The largest absolute Gasteiger partial charge is 0.383 e. The number of halogens is 1. The summed E-state index contributed by atoms with van der Waals surface area (Å²) in [6.45, 7) is 3.10. The minimum absolute atomic E-state index is 0.600. The molecule has 100 valence electrons. The zero-order valence-corrected chi connectivity index (χ0v) is 12.5. The van der Waals surface area contributed by atoms with Gasteiger partial charge in [-0.25, -0.2) is 4.98 Å². The van der Waals surface area contributed by atoms with Crippen LogP contribution in [0.1, 0.15) is 37.9 Å². The van der Waals surface area contributed by atoms with E-state index in [4.69, 9.17) is 10.7 Å². The molecule has 1 aliphatic rings. The fourth-order valence-corrected chi connectivity index (χ4v) is 2.71. The molecule has 0 saturated heterocycles. The van der Waals surface area contributed by atoms with Gasteiger partial charge < -0.3 is 10.3 Å². The lowest BCUT2D eigenvalue weighted by molar-refractivity contribution is 0.646. The van der Waals surface area contributed by atoms with Crippen LogP contribution >= 0.6 is 15.9 Å². The number of anilines is 1. The molecular weight excluding hydrogens is 304 g/mol. The molecule has 5 heteroatoms. The molecule has 1 fully saturated rings. The van der Waals surface area contributed by atoms with Gasteiger partial charge in [-0.3, -0.25) is 4.98 Å². The minimum Gasteiger partial charge on any atom is -0.383 e. The smallest absolute Gasteiger partial charge is 0.131 e. The monoisotopic (exact) mass is 320 g/mol. The Morgan fingerprint density at radius 3 is 2.84 bits per heavy atom. The van der Waals surface area contributed by atoms with Gasteiger partial charge >= 0.3 is 0 Å². The van der Waals surface area contributed by atoms with E-state index in [9.17, 15) is 0 Å². The number of nitrogens with two attached hydrogens (primary N) is 1. The molecule has 0 unspecified atom stereocenters. The summed E-state index contributed by atoms with van der Waals surface area (Å²) >= 11 is 3.44. The van der Waals surface area contributed by atoms with E-state index in [1.54, 1.807) is 6.20 Å². The third kappa shape index (κ3) is 2.39. The van der Waals surface area contributed by atoms with E-state index in [0.29, 0.717) is 5.92 Å². The number of hydrogen-bond donors (Lipinski definition) is 1. The van der Waals surface area contributed by atoms with Crippen molar-refractivity contribution in [3.8, 4) is 11.3 Å². The SMILES string of the molecule is CCCn1c(C2CC2)nc(-c2cncc(Br)c2)c1N. The molecule has 19 heavy (non-hydrogen) atoms. The Hall–Kier alpha value is -1.36. The highest BCUT2D eigenvalue weighted by Crippen LogP contribution is 2.42. The summed E-state index contributed by atoms with van der Waals surface area (Å²) in [7, 11) is 0. The van der Waals surface area contributed by atoms with Crippen LogP contribution in [-0.4, -0.2) is 14.5 Å². The van der Waals surface area contributed by atoms with E-state index in [1.165, 1.54) is 12.8 Å².